The van der Waals surface area contributed by atoms with Crippen LogP contribution in [0.5, 0.6) is 0 Å². The van der Waals surface area contributed by atoms with E-state index in [0.717, 1.165) is 47.2 Å². The molecule has 5 nitrogen and oxygen atoms in total. The summed E-state index contributed by atoms with van der Waals surface area (Å²) in [6.07, 6.45) is 7.41. The molecule has 1 N–H and O–H groups in total. The molecule has 1 aliphatic carbocycles. The van der Waals surface area contributed by atoms with E-state index in [-0.39, 0.29) is 5.91 Å². The molecule has 1 amide bonds. The lowest BCUT2D eigenvalue weighted by Gasteiger charge is -2.22. The quantitative estimate of drug-likeness (QED) is 0.346. The van der Waals surface area contributed by atoms with Crippen LogP contribution < -0.4 is 5.32 Å². The highest BCUT2D eigenvalue weighted by molar-refractivity contribution is 7.99. The van der Waals surface area contributed by atoms with Gasteiger partial charge in [0, 0.05) is 29.5 Å². The zero-order valence-electron chi connectivity index (χ0n) is 19.0. The van der Waals surface area contributed by atoms with E-state index in [1.165, 1.54) is 30.4 Å². The monoisotopic (exact) mass is 448 g/mol. The average Bonchev–Trinajstić information content (AvgIpc) is 3.22. The van der Waals surface area contributed by atoms with Crippen LogP contribution in [0.4, 0.5) is 0 Å². The minimum absolute atomic E-state index is 0.179. The van der Waals surface area contributed by atoms with Crippen molar-refractivity contribution in [3.8, 4) is 17.1 Å². The van der Waals surface area contributed by atoms with E-state index in [9.17, 15) is 4.79 Å². The van der Waals surface area contributed by atoms with E-state index in [2.05, 4.69) is 82.5 Å². The molecule has 1 aliphatic rings. The van der Waals surface area contributed by atoms with Crippen molar-refractivity contribution >= 4 is 17.7 Å². The summed E-state index contributed by atoms with van der Waals surface area (Å²) in [5.74, 6) is 1.85. The summed E-state index contributed by atoms with van der Waals surface area (Å²) in [6, 6.07) is 17.2. The van der Waals surface area contributed by atoms with E-state index >= 15 is 0 Å². The van der Waals surface area contributed by atoms with Crippen molar-refractivity contribution in [1.29, 1.82) is 0 Å². The maximum Gasteiger partial charge on any atom is 0.220 e. The van der Waals surface area contributed by atoms with E-state index < -0.39 is 0 Å². The molecule has 0 aliphatic heterocycles. The number of nitrogens with zero attached hydrogens (tertiary/aromatic N) is 3. The molecular formula is C26H32N4OS. The number of hydrogen-bond acceptors (Lipinski definition) is 4. The molecule has 0 saturated heterocycles. The molecule has 3 aromatic rings. The van der Waals surface area contributed by atoms with Crippen LogP contribution in [0.25, 0.3) is 17.1 Å². The number of hydrogen-bond donors (Lipinski definition) is 1. The number of rotatable bonds is 8. The van der Waals surface area contributed by atoms with Crippen molar-refractivity contribution < 1.29 is 4.79 Å². The number of benzene rings is 2. The molecule has 0 atom stereocenters. The fourth-order valence-corrected chi connectivity index (χ4v) is 5.01. The lowest BCUT2D eigenvalue weighted by atomic mass is 9.95. The second-order valence-corrected chi connectivity index (χ2v) is 9.76. The van der Waals surface area contributed by atoms with Crippen LogP contribution in [-0.4, -0.2) is 32.5 Å². The van der Waals surface area contributed by atoms with Gasteiger partial charge in [0.25, 0.3) is 0 Å². The summed E-state index contributed by atoms with van der Waals surface area (Å²) >= 11 is 1.66. The summed E-state index contributed by atoms with van der Waals surface area (Å²) in [6.45, 7) is 4.17. The molecule has 32 heavy (non-hydrogen) atoms. The molecule has 0 bridgehead atoms. The van der Waals surface area contributed by atoms with Gasteiger partial charge in [0.1, 0.15) is 0 Å². The number of aryl methyl sites for hydroxylation is 2. The molecule has 0 spiro atoms. The molecule has 0 radical (unpaired) electrons. The average molecular weight is 449 g/mol. The number of carbonyl (C=O) groups is 1. The van der Waals surface area contributed by atoms with Gasteiger partial charge in [0.2, 0.25) is 5.91 Å². The third-order valence-corrected chi connectivity index (χ3v) is 7.00. The van der Waals surface area contributed by atoms with Crippen molar-refractivity contribution in [2.75, 3.05) is 5.75 Å². The molecule has 1 heterocycles. The molecule has 0 unspecified atom stereocenters. The van der Waals surface area contributed by atoms with Gasteiger partial charge in [-0.15, -0.1) is 10.2 Å². The summed E-state index contributed by atoms with van der Waals surface area (Å²) in [5.41, 5.74) is 4.53. The predicted octanol–water partition coefficient (Wildman–Crippen LogP) is 5.87. The molecular weight excluding hydrogens is 416 g/mol. The first-order valence-corrected chi connectivity index (χ1v) is 12.6. The van der Waals surface area contributed by atoms with Crippen molar-refractivity contribution in [1.82, 2.24) is 20.1 Å². The molecule has 4 rings (SSSR count). The van der Waals surface area contributed by atoms with Crippen LogP contribution in [0.15, 0.2) is 53.7 Å². The van der Waals surface area contributed by atoms with Gasteiger partial charge in [-0.25, -0.2) is 0 Å². The summed E-state index contributed by atoms with van der Waals surface area (Å²) in [7, 11) is 0. The Morgan fingerprint density at radius 2 is 1.62 bits per heavy atom. The summed E-state index contributed by atoms with van der Waals surface area (Å²) < 4.78 is 2.12. The Morgan fingerprint density at radius 3 is 2.31 bits per heavy atom. The Balaban J connectivity index is 1.43. The molecule has 2 aromatic carbocycles. The van der Waals surface area contributed by atoms with E-state index in [1.54, 1.807) is 11.8 Å². The molecule has 1 aromatic heterocycles. The minimum atomic E-state index is 0.179. The number of amides is 1. The molecule has 1 saturated carbocycles. The maximum absolute atomic E-state index is 12.3. The van der Waals surface area contributed by atoms with Crippen LogP contribution >= 0.6 is 11.8 Å². The summed E-state index contributed by atoms with van der Waals surface area (Å²) in [4.78, 5) is 12.3. The number of nitrogens with one attached hydrogen (secondary N) is 1. The topological polar surface area (TPSA) is 59.8 Å². The fraction of sp³-hybridized carbons (Fsp3) is 0.423. The third-order valence-electron chi connectivity index (χ3n) is 5.98. The van der Waals surface area contributed by atoms with Crippen LogP contribution in [0.2, 0.25) is 0 Å². The van der Waals surface area contributed by atoms with Crippen LogP contribution in [0.3, 0.4) is 0 Å². The number of aromatic nitrogens is 3. The molecule has 1 fully saturated rings. The van der Waals surface area contributed by atoms with Crippen molar-refractivity contribution in [2.45, 2.75) is 70.0 Å². The summed E-state index contributed by atoms with van der Waals surface area (Å²) in [5, 5.41) is 13.1. The van der Waals surface area contributed by atoms with Gasteiger partial charge >= 0.3 is 0 Å². The highest BCUT2D eigenvalue weighted by Gasteiger charge is 2.17. The van der Waals surface area contributed by atoms with Crippen LogP contribution in [0, 0.1) is 13.8 Å². The first-order chi connectivity index (χ1) is 15.6. The molecule has 168 valence electrons. The zero-order chi connectivity index (χ0) is 22.3. The Labute approximate surface area is 195 Å². The van der Waals surface area contributed by atoms with Gasteiger partial charge < -0.3 is 5.32 Å². The van der Waals surface area contributed by atoms with Crippen molar-refractivity contribution in [3.05, 3.63) is 59.7 Å². The van der Waals surface area contributed by atoms with E-state index in [4.69, 9.17) is 0 Å². The normalized spacial score (nSPS) is 14.4. The standard InChI is InChI=1S/C26H32N4OS/c1-19-10-14-21(15-11-19)25-28-29-26(30(25)23-16-12-20(2)13-17-23)32-18-6-9-24(31)27-22-7-4-3-5-8-22/h10-17,22H,3-9,18H2,1-2H3,(H,27,31). The van der Waals surface area contributed by atoms with Gasteiger partial charge in [-0.3, -0.25) is 9.36 Å². The maximum atomic E-state index is 12.3. The predicted molar refractivity (Wildman–Crippen MR) is 131 cm³/mol. The van der Waals surface area contributed by atoms with Gasteiger partial charge in [-0.05, 0) is 45.2 Å². The van der Waals surface area contributed by atoms with Crippen LogP contribution in [-0.2, 0) is 4.79 Å². The Morgan fingerprint density at radius 1 is 0.969 bits per heavy atom. The van der Waals surface area contributed by atoms with Crippen molar-refractivity contribution in [2.24, 2.45) is 0 Å². The van der Waals surface area contributed by atoms with Gasteiger partial charge in [-0.1, -0.05) is 78.5 Å². The highest BCUT2D eigenvalue weighted by Crippen LogP contribution is 2.29. The lowest BCUT2D eigenvalue weighted by Crippen LogP contribution is -2.36. The SMILES string of the molecule is Cc1ccc(-c2nnc(SCCCC(=O)NC3CCCCC3)n2-c2ccc(C)cc2)cc1. The number of thioether (sulfide) groups is 1. The molecule has 6 heteroatoms. The van der Waals surface area contributed by atoms with Crippen LogP contribution in [0.1, 0.15) is 56.1 Å². The Hall–Kier alpha value is -2.60. The second-order valence-electron chi connectivity index (χ2n) is 8.70. The first kappa shape index (κ1) is 22.6. The lowest BCUT2D eigenvalue weighted by molar-refractivity contribution is -0.122. The fourth-order valence-electron chi connectivity index (χ4n) is 4.12. The Kier molecular flexibility index (Phi) is 7.63. The number of carbonyl (C=O) groups excluding carboxylic acids is 1. The largest absolute Gasteiger partial charge is 0.353 e. The zero-order valence-corrected chi connectivity index (χ0v) is 19.8. The Bertz CT molecular complexity index is 1020. The third kappa shape index (κ3) is 5.80. The van der Waals surface area contributed by atoms with Gasteiger partial charge in [-0.2, -0.15) is 0 Å². The van der Waals surface area contributed by atoms with E-state index in [1.807, 2.05) is 0 Å². The second kappa shape index (κ2) is 10.8. The minimum Gasteiger partial charge on any atom is -0.353 e. The van der Waals surface area contributed by atoms with Crippen molar-refractivity contribution in [3.63, 3.8) is 0 Å². The van der Waals surface area contributed by atoms with Gasteiger partial charge in [0.05, 0.1) is 0 Å². The van der Waals surface area contributed by atoms with Gasteiger partial charge in [0.15, 0.2) is 11.0 Å². The first-order valence-electron chi connectivity index (χ1n) is 11.6. The van der Waals surface area contributed by atoms with E-state index in [0.29, 0.717) is 12.5 Å². The smallest absolute Gasteiger partial charge is 0.220 e. The highest BCUT2D eigenvalue weighted by atomic mass is 32.2.